The highest BCUT2D eigenvalue weighted by molar-refractivity contribution is 5.85. The van der Waals surface area contributed by atoms with Crippen molar-refractivity contribution in [2.24, 2.45) is 11.7 Å². The van der Waals surface area contributed by atoms with E-state index in [9.17, 15) is 4.39 Å². The summed E-state index contributed by atoms with van der Waals surface area (Å²) < 4.78 is 13.3. The molecule has 0 fully saturated rings. The Morgan fingerprint density at radius 3 is 2.53 bits per heavy atom. The van der Waals surface area contributed by atoms with Gasteiger partial charge in [0.1, 0.15) is 5.82 Å². The molecule has 0 aliphatic carbocycles. The first-order valence-corrected chi connectivity index (χ1v) is 5.08. The molecule has 0 heterocycles. The van der Waals surface area contributed by atoms with Crippen LogP contribution < -0.4 is 5.73 Å². The highest BCUT2D eigenvalue weighted by Gasteiger charge is 2.16. The SMILES string of the molecule is CCC(C)[C@@H](N)c1cccc(F)c1C.Cl. The molecule has 0 amide bonds. The van der Waals surface area contributed by atoms with Gasteiger partial charge in [0.25, 0.3) is 0 Å². The minimum absolute atomic E-state index is 0. The number of halogens is 2. The van der Waals surface area contributed by atoms with Gasteiger partial charge in [-0.05, 0) is 30.0 Å². The van der Waals surface area contributed by atoms with Crippen molar-refractivity contribution in [3.8, 4) is 0 Å². The predicted octanol–water partition coefficient (Wildman–Crippen LogP) is 3.60. The molecule has 86 valence electrons. The van der Waals surface area contributed by atoms with E-state index in [-0.39, 0.29) is 24.3 Å². The molecule has 1 rings (SSSR count). The second-order valence-corrected chi connectivity index (χ2v) is 3.87. The Balaban J connectivity index is 0.00000196. The van der Waals surface area contributed by atoms with Crippen molar-refractivity contribution in [2.75, 3.05) is 0 Å². The predicted molar refractivity (Wildman–Crippen MR) is 64.8 cm³/mol. The molecular formula is C12H19ClFN. The zero-order valence-corrected chi connectivity index (χ0v) is 10.3. The summed E-state index contributed by atoms with van der Waals surface area (Å²) in [6.45, 7) is 5.97. The van der Waals surface area contributed by atoms with Crippen LogP contribution in [0.4, 0.5) is 4.39 Å². The molecule has 0 aliphatic rings. The largest absolute Gasteiger partial charge is 0.324 e. The van der Waals surface area contributed by atoms with Crippen LogP contribution >= 0.6 is 12.4 Å². The van der Waals surface area contributed by atoms with Gasteiger partial charge >= 0.3 is 0 Å². The van der Waals surface area contributed by atoms with Crippen LogP contribution in [0, 0.1) is 18.7 Å². The summed E-state index contributed by atoms with van der Waals surface area (Å²) >= 11 is 0. The van der Waals surface area contributed by atoms with E-state index in [0.717, 1.165) is 12.0 Å². The summed E-state index contributed by atoms with van der Waals surface area (Å²) in [7, 11) is 0. The van der Waals surface area contributed by atoms with Crippen LogP contribution in [0.1, 0.15) is 37.4 Å². The fourth-order valence-electron chi connectivity index (χ4n) is 1.55. The number of nitrogens with two attached hydrogens (primary N) is 1. The van der Waals surface area contributed by atoms with Crippen molar-refractivity contribution < 1.29 is 4.39 Å². The van der Waals surface area contributed by atoms with E-state index < -0.39 is 0 Å². The molecule has 3 heteroatoms. The third-order valence-electron chi connectivity index (χ3n) is 2.93. The van der Waals surface area contributed by atoms with Crippen LogP contribution in [0.3, 0.4) is 0 Å². The molecule has 1 aromatic carbocycles. The Kier molecular flexibility index (Phi) is 5.84. The molecule has 0 radical (unpaired) electrons. The lowest BCUT2D eigenvalue weighted by Gasteiger charge is -2.20. The summed E-state index contributed by atoms with van der Waals surface area (Å²) in [4.78, 5) is 0. The first-order chi connectivity index (χ1) is 6.57. The lowest BCUT2D eigenvalue weighted by atomic mass is 9.90. The monoisotopic (exact) mass is 231 g/mol. The maximum atomic E-state index is 13.3. The third-order valence-corrected chi connectivity index (χ3v) is 2.93. The minimum Gasteiger partial charge on any atom is -0.324 e. The molecule has 0 saturated heterocycles. The second kappa shape index (κ2) is 6.09. The molecule has 1 aromatic rings. The van der Waals surface area contributed by atoms with E-state index >= 15 is 0 Å². The topological polar surface area (TPSA) is 26.0 Å². The van der Waals surface area contributed by atoms with Gasteiger partial charge in [0.2, 0.25) is 0 Å². The van der Waals surface area contributed by atoms with Crippen molar-refractivity contribution >= 4 is 12.4 Å². The quantitative estimate of drug-likeness (QED) is 0.845. The van der Waals surface area contributed by atoms with E-state index in [1.54, 1.807) is 13.0 Å². The summed E-state index contributed by atoms with van der Waals surface area (Å²) in [5.41, 5.74) is 7.66. The Morgan fingerprint density at radius 2 is 2.00 bits per heavy atom. The zero-order valence-electron chi connectivity index (χ0n) is 9.46. The molecule has 15 heavy (non-hydrogen) atoms. The van der Waals surface area contributed by atoms with Crippen molar-refractivity contribution in [2.45, 2.75) is 33.2 Å². The molecular weight excluding hydrogens is 213 g/mol. The van der Waals surface area contributed by atoms with Crippen LogP contribution in [-0.4, -0.2) is 0 Å². The Morgan fingerprint density at radius 1 is 1.40 bits per heavy atom. The standard InChI is InChI=1S/C12H18FN.ClH/c1-4-8(2)12(14)10-6-5-7-11(13)9(10)3;/h5-8,12H,4,14H2,1-3H3;1H/t8?,12-;/m1./s1. The first-order valence-electron chi connectivity index (χ1n) is 5.08. The Hall–Kier alpha value is -0.600. The van der Waals surface area contributed by atoms with Crippen LogP contribution in [-0.2, 0) is 0 Å². The van der Waals surface area contributed by atoms with E-state index in [1.165, 1.54) is 6.07 Å². The third kappa shape index (κ3) is 3.18. The van der Waals surface area contributed by atoms with Crippen LogP contribution in [0.5, 0.6) is 0 Å². The number of rotatable bonds is 3. The molecule has 2 atom stereocenters. The van der Waals surface area contributed by atoms with Gasteiger partial charge in [0.15, 0.2) is 0 Å². The Bertz CT molecular complexity index is 314. The molecule has 1 unspecified atom stereocenters. The summed E-state index contributed by atoms with van der Waals surface area (Å²) in [6, 6.07) is 5.05. The average molecular weight is 232 g/mol. The van der Waals surface area contributed by atoms with Gasteiger partial charge in [-0.3, -0.25) is 0 Å². The van der Waals surface area contributed by atoms with E-state index in [4.69, 9.17) is 5.73 Å². The molecule has 0 spiro atoms. The van der Waals surface area contributed by atoms with Gasteiger partial charge in [-0.25, -0.2) is 4.39 Å². The van der Waals surface area contributed by atoms with Crippen molar-refractivity contribution in [1.82, 2.24) is 0 Å². The molecule has 0 saturated carbocycles. The lowest BCUT2D eigenvalue weighted by molar-refractivity contribution is 0.452. The van der Waals surface area contributed by atoms with Gasteiger partial charge in [0.05, 0.1) is 0 Å². The van der Waals surface area contributed by atoms with E-state index in [0.29, 0.717) is 11.5 Å². The second-order valence-electron chi connectivity index (χ2n) is 3.87. The minimum atomic E-state index is -0.166. The van der Waals surface area contributed by atoms with E-state index in [1.807, 2.05) is 6.07 Å². The molecule has 0 bridgehead atoms. The average Bonchev–Trinajstić information content (AvgIpc) is 2.20. The number of hydrogen-bond donors (Lipinski definition) is 1. The van der Waals surface area contributed by atoms with Crippen molar-refractivity contribution in [1.29, 1.82) is 0 Å². The molecule has 0 aliphatic heterocycles. The maximum absolute atomic E-state index is 13.3. The van der Waals surface area contributed by atoms with Crippen LogP contribution in [0.25, 0.3) is 0 Å². The highest BCUT2D eigenvalue weighted by atomic mass is 35.5. The molecule has 2 N–H and O–H groups in total. The summed E-state index contributed by atoms with van der Waals surface area (Å²) in [5.74, 6) is 0.219. The first kappa shape index (κ1) is 14.4. The number of benzene rings is 1. The van der Waals surface area contributed by atoms with Gasteiger partial charge in [0, 0.05) is 6.04 Å². The smallest absolute Gasteiger partial charge is 0.126 e. The van der Waals surface area contributed by atoms with Gasteiger partial charge < -0.3 is 5.73 Å². The highest BCUT2D eigenvalue weighted by Crippen LogP contribution is 2.25. The lowest BCUT2D eigenvalue weighted by Crippen LogP contribution is -2.19. The summed E-state index contributed by atoms with van der Waals surface area (Å²) in [5, 5.41) is 0. The molecule has 1 nitrogen and oxygen atoms in total. The number of hydrogen-bond acceptors (Lipinski definition) is 1. The maximum Gasteiger partial charge on any atom is 0.126 e. The zero-order chi connectivity index (χ0) is 10.7. The fourth-order valence-corrected chi connectivity index (χ4v) is 1.55. The summed E-state index contributed by atoms with van der Waals surface area (Å²) in [6.07, 6.45) is 1.01. The Labute approximate surface area is 97.3 Å². The molecule has 0 aromatic heterocycles. The van der Waals surface area contributed by atoms with E-state index in [2.05, 4.69) is 13.8 Å². The van der Waals surface area contributed by atoms with Crippen molar-refractivity contribution in [3.05, 3.63) is 35.1 Å². The van der Waals surface area contributed by atoms with Crippen molar-refractivity contribution in [3.63, 3.8) is 0 Å². The van der Waals surface area contributed by atoms with Gasteiger partial charge in [-0.1, -0.05) is 32.4 Å². The van der Waals surface area contributed by atoms with Gasteiger partial charge in [-0.15, -0.1) is 12.4 Å². The normalized spacial score (nSPS) is 14.2. The van der Waals surface area contributed by atoms with Crippen LogP contribution in [0.2, 0.25) is 0 Å². The van der Waals surface area contributed by atoms with Crippen LogP contribution in [0.15, 0.2) is 18.2 Å². The van der Waals surface area contributed by atoms with Gasteiger partial charge in [-0.2, -0.15) is 0 Å². The fraction of sp³-hybridized carbons (Fsp3) is 0.500.